The van der Waals surface area contributed by atoms with Crippen molar-refractivity contribution in [1.82, 2.24) is 19.7 Å². The summed E-state index contributed by atoms with van der Waals surface area (Å²) in [5, 5.41) is 5.30. The normalized spacial score (nSPS) is 11.8. The molecule has 1 N–H and O–H groups in total. The van der Waals surface area contributed by atoms with E-state index in [4.69, 9.17) is 0 Å². The van der Waals surface area contributed by atoms with Crippen molar-refractivity contribution < 1.29 is 0 Å². The second-order valence-corrected chi connectivity index (χ2v) is 6.74. The van der Waals surface area contributed by atoms with Crippen LogP contribution in [0.3, 0.4) is 0 Å². The molecule has 0 unspecified atom stereocenters. The predicted molar refractivity (Wildman–Crippen MR) is 96.9 cm³/mol. The summed E-state index contributed by atoms with van der Waals surface area (Å²) in [6, 6.07) is 8.43. The van der Waals surface area contributed by atoms with Crippen molar-refractivity contribution in [2.24, 2.45) is 7.05 Å². The molecule has 0 aliphatic heterocycles. The predicted octanol–water partition coefficient (Wildman–Crippen LogP) is 2.98. The van der Waals surface area contributed by atoms with Crippen molar-refractivity contribution in [3.05, 3.63) is 63.7 Å². The summed E-state index contributed by atoms with van der Waals surface area (Å²) in [5.41, 5.74) is 4.02. The van der Waals surface area contributed by atoms with Gasteiger partial charge in [0.25, 0.3) is 5.56 Å². The van der Waals surface area contributed by atoms with Crippen LogP contribution in [-0.4, -0.2) is 25.7 Å². The van der Waals surface area contributed by atoms with Gasteiger partial charge in [0, 0.05) is 49.0 Å². The number of nitrogens with one attached hydrogen (secondary N) is 1. The van der Waals surface area contributed by atoms with Gasteiger partial charge in [-0.25, -0.2) is 0 Å². The summed E-state index contributed by atoms with van der Waals surface area (Å²) in [6.45, 7) is 7.75. The van der Waals surface area contributed by atoms with Crippen LogP contribution in [-0.2, 0) is 20.1 Å². The molecule has 0 radical (unpaired) electrons. The Labute approximate surface area is 141 Å². The summed E-state index contributed by atoms with van der Waals surface area (Å²) in [7, 11) is 1.92. The van der Waals surface area contributed by atoms with Crippen molar-refractivity contribution in [3.63, 3.8) is 0 Å². The standard InChI is InChI=1S/C19H24N4O/c1-13(2)23(11-15-9-20-22(4)10-15)12-17-8-16-7-14(3)5-6-18(16)21-19(17)24/h5-10,13H,11-12H2,1-4H3,(H,21,24). The Balaban J connectivity index is 1.90. The summed E-state index contributed by atoms with van der Waals surface area (Å²) >= 11 is 0. The molecule has 5 heteroatoms. The number of hydrogen-bond donors (Lipinski definition) is 1. The highest BCUT2D eigenvalue weighted by atomic mass is 16.1. The van der Waals surface area contributed by atoms with Crippen LogP contribution in [0.5, 0.6) is 0 Å². The maximum absolute atomic E-state index is 12.4. The minimum Gasteiger partial charge on any atom is -0.322 e. The third-order valence-corrected chi connectivity index (χ3v) is 4.32. The molecule has 0 atom stereocenters. The lowest BCUT2D eigenvalue weighted by Crippen LogP contribution is -2.32. The number of hydrogen-bond acceptors (Lipinski definition) is 3. The first-order chi connectivity index (χ1) is 11.4. The average molecular weight is 324 g/mol. The summed E-state index contributed by atoms with van der Waals surface area (Å²) in [4.78, 5) is 17.7. The van der Waals surface area contributed by atoms with Crippen LogP contribution in [0.25, 0.3) is 10.9 Å². The Bertz CT molecular complexity index is 907. The minimum absolute atomic E-state index is 0.0109. The van der Waals surface area contributed by atoms with Gasteiger partial charge >= 0.3 is 0 Å². The van der Waals surface area contributed by atoms with Gasteiger partial charge < -0.3 is 4.98 Å². The molecule has 0 aliphatic carbocycles. The van der Waals surface area contributed by atoms with E-state index in [1.165, 1.54) is 5.56 Å². The van der Waals surface area contributed by atoms with Gasteiger partial charge in [-0.15, -0.1) is 0 Å². The molecule has 2 heterocycles. The second kappa shape index (κ2) is 6.61. The third-order valence-electron chi connectivity index (χ3n) is 4.32. The van der Waals surface area contributed by atoms with Crippen molar-refractivity contribution >= 4 is 10.9 Å². The van der Waals surface area contributed by atoms with E-state index in [2.05, 4.69) is 41.8 Å². The average Bonchev–Trinajstić information content (AvgIpc) is 2.92. The van der Waals surface area contributed by atoms with Crippen LogP contribution in [0, 0.1) is 6.92 Å². The minimum atomic E-state index is -0.0109. The molecule has 1 aromatic carbocycles. The topological polar surface area (TPSA) is 53.9 Å². The fraction of sp³-hybridized carbons (Fsp3) is 0.368. The first-order valence-electron chi connectivity index (χ1n) is 8.26. The van der Waals surface area contributed by atoms with Gasteiger partial charge in [0.05, 0.1) is 6.20 Å². The lowest BCUT2D eigenvalue weighted by molar-refractivity contribution is 0.203. The number of rotatable bonds is 5. The van der Waals surface area contributed by atoms with Crippen LogP contribution < -0.4 is 5.56 Å². The lowest BCUT2D eigenvalue weighted by atomic mass is 10.1. The number of pyridine rings is 1. The number of aryl methyl sites for hydroxylation is 2. The number of aromatic amines is 1. The Morgan fingerprint density at radius 1 is 1.25 bits per heavy atom. The molecule has 0 spiro atoms. The summed E-state index contributed by atoms with van der Waals surface area (Å²) in [5.74, 6) is 0. The molecule has 126 valence electrons. The molecule has 0 fully saturated rings. The highest BCUT2D eigenvalue weighted by Gasteiger charge is 2.14. The van der Waals surface area contributed by atoms with E-state index in [0.717, 1.165) is 28.6 Å². The van der Waals surface area contributed by atoms with Crippen LogP contribution in [0.1, 0.15) is 30.5 Å². The maximum atomic E-state index is 12.4. The molecule has 3 aromatic rings. The van der Waals surface area contributed by atoms with E-state index in [0.29, 0.717) is 12.6 Å². The van der Waals surface area contributed by atoms with Crippen LogP contribution in [0.15, 0.2) is 41.5 Å². The van der Waals surface area contributed by atoms with Gasteiger partial charge in [-0.05, 0) is 44.4 Å². The lowest BCUT2D eigenvalue weighted by Gasteiger charge is -2.25. The largest absolute Gasteiger partial charge is 0.322 e. The molecule has 0 saturated heterocycles. The Morgan fingerprint density at radius 2 is 2.04 bits per heavy atom. The second-order valence-electron chi connectivity index (χ2n) is 6.74. The highest BCUT2D eigenvalue weighted by Crippen LogP contribution is 2.16. The Kier molecular flexibility index (Phi) is 4.53. The van der Waals surface area contributed by atoms with E-state index in [-0.39, 0.29) is 5.56 Å². The zero-order chi connectivity index (χ0) is 17.3. The first-order valence-corrected chi connectivity index (χ1v) is 8.26. The van der Waals surface area contributed by atoms with Crippen molar-refractivity contribution in [2.45, 2.75) is 39.9 Å². The van der Waals surface area contributed by atoms with Crippen LogP contribution in [0.2, 0.25) is 0 Å². The number of fused-ring (bicyclic) bond motifs is 1. The van der Waals surface area contributed by atoms with Crippen molar-refractivity contribution in [1.29, 1.82) is 0 Å². The van der Waals surface area contributed by atoms with Crippen LogP contribution in [0.4, 0.5) is 0 Å². The maximum Gasteiger partial charge on any atom is 0.252 e. The number of benzene rings is 1. The van der Waals surface area contributed by atoms with E-state index in [9.17, 15) is 4.79 Å². The fourth-order valence-electron chi connectivity index (χ4n) is 2.92. The van der Waals surface area contributed by atoms with Crippen LogP contribution >= 0.6 is 0 Å². The number of nitrogens with zero attached hydrogens (tertiary/aromatic N) is 3. The number of H-pyrrole nitrogens is 1. The monoisotopic (exact) mass is 324 g/mol. The zero-order valence-electron chi connectivity index (χ0n) is 14.7. The molecular weight excluding hydrogens is 300 g/mol. The Morgan fingerprint density at radius 3 is 2.71 bits per heavy atom. The van der Waals surface area contributed by atoms with Gasteiger partial charge in [-0.2, -0.15) is 5.10 Å². The zero-order valence-corrected chi connectivity index (χ0v) is 14.7. The molecule has 0 amide bonds. The molecule has 5 nitrogen and oxygen atoms in total. The molecule has 3 rings (SSSR count). The quantitative estimate of drug-likeness (QED) is 0.785. The fourth-order valence-corrected chi connectivity index (χ4v) is 2.92. The SMILES string of the molecule is Cc1ccc2[nH]c(=O)c(CN(Cc3cnn(C)c3)C(C)C)cc2c1. The molecule has 0 aliphatic rings. The first kappa shape index (κ1) is 16.5. The van der Waals surface area contributed by atoms with Crippen molar-refractivity contribution in [2.75, 3.05) is 0 Å². The molecule has 0 bridgehead atoms. The molecular formula is C19H24N4O. The Hall–Kier alpha value is -2.40. The highest BCUT2D eigenvalue weighted by molar-refractivity contribution is 5.79. The summed E-state index contributed by atoms with van der Waals surface area (Å²) in [6.07, 6.45) is 3.90. The summed E-state index contributed by atoms with van der Waals surface area (Å²) < 4.78 is 1.81. The van der Waals surface area contributed by atoms with Gasteiger partial charge in [0.15, 0.2) is 0 Å². The van der Waals surface area contributed by atoms with Gasteiger partial charge in [-0.1, -0.05) is 11.6 Å². The van der Waals surface area contributed by atoms with Gasteiger partial charge in [0.1, 0.15) is 0 Å². The van der Waals surface area contributed by atoms with Crippen molar-refractivity contribution in [3.8, 4) is 0 Å². The molecule has 0 saturated carbocycles. The smallest absolute Gasteiger partial charge is 0.252 e. The van der Waals surface area contributed by atoms with E-state index < -0.39 is 0 Å². The van der Waals surface area contributed by atoms with E-state index >= 15 is 0 Å². The van der Waals surface area contributed by atoms with Gasteiger partial charge in [-0.3, -0.25) is 14.4 Å². The van der Waals surface area contributed by atoms with E-state index in [1.54, 1.807) is 4.68 Å². The molecule has 2 aromatic heterocycles. The van der Waals surface area contributed by atoms with E-state index in [1.807, 2.05) is 37.6 Å². The number of aromatic nitrogens is 3. The molecule has 24 heavy (non-hydrogen) atoms. The third kappa shape index (κ3) is 3.57. The van der Waals surface area contributed by atoms with Gasteiger partial charge in [0.2, 0.25) is 0 Å².